The predicted molar refractivity (Wildman–Crippen MR) is 78.8 cm³/mol. The van der Waals surface area contributed by atoms with E-state index in [-0.39, 0.29) is 5.97 Å². The number of carbonyl (C=O) groups excluding carboxylic acids is 1. The van der Waals surface area contributed by atoms with Crippen molar-refractivity contribution >= 4 is 5.97 Å². The second-order valence-electron chi connectivity index (χ2n) is 6.03. The zero-order chi connectivity index (χ0) is 14.0. The van der Waals surface area contributed by atoms with Gasteiger partial charge in [0.2, 0.25) is 0 Å². The first kappa shape index (κ1) is 13.6. The summed E-state index contributed by atoms with van der Waals surface area (Å²) < 4.78 is 5.14. The van der Waals surface area contributed by atoms with E-state index in [1.54, 1.807) is 0 Å². The monoisotopic (exact) mass is 273 g/mol. The molecule has 20 heavy (non-hydrogen) atoms. The largest absolute Gasteiger partial charge is 0.466 e. The number of nitrogens with one attached hydrogen (secondary N) is 1. The molecule has 108 valence electrons. The molecule has 1 saturated heterocycles. The Morgan fingerprint density at radius 2 is 2.10 bits per heavy atom. The lowest BCUT2D eigenvalue weighted by molar-refractivity contribution is -0.143. The third-order valence-electron chi connectivity index (χ3n) is 4.89. The van der Waals surface area contributed by atoms with Gasteiger partial charge in [0, 0.05) is 0 Å². The molecule has 0 bridgehead atoms. The van der Waals surface area contributed by atoms with E-state index >= 15 is 0 Å². The third kappa shape index (κ3) is 2.35. The molecule has 1 heterocycles. The van der Waals surface area contributed by atoms with Crippen LogP contribution in [0.5, 0.6) is 0 Å². The normalized spacial score (nSPS) is 23.6. The Morgan fingerprint density at radius 3 is 2.85 bits per heavy atom. The van der Waals surface area contributed by atoms with Crippen molar-refractivity contribution in [1.29, 1.82) is 0 Å². The molecular formula is C17H23NO2. The molecule has 3 nitrogen and oxygen atoms in total. The number of benzene rings is 1. The molecular weight excluding hydrogens is 250 g/mol. The minimum Gasteiger partial charge on any atom is -0.466 e. The molecule has 1 aromatic carbocycles. The van der Waals surface area contributed by atoms with Crippen LogP contribution < -0.4 is 5.32 Å². The Labute approximate surface area is 120 Å². The van der Waals surface area contributed by atoms with Crippen molar-refractivity contribution in [3.05, 3.63) is 35.4 Å². The third-order valence-corrected chi connectivity index (χ3v) is 4.89. The van der Waals surface area contributed by atoms with Crippen molar-refractivity contribution < 1.29 is 9.53 Å². The lowest BCUT2D eigenvalue weighted by Crippen LogP contribution is -2.38. The standard InChI is InChI=1S/C17H23NO2/c1-2-20-16(19)11-13-12-17(7-9-18-10-8-17)15-6-4-3-5-14(13)15/h3-6,13,18H,2,7-12H2,1H3. The zero-order valence-electron chi connectivity index (χ0n) is 12.2. The molecule has 1 unspecified atom stereocenters. The van der Waals surface area contributed by atoms with Gasteiger partial charge in [0.05, 0.1) is 13.0 Å². The molecule has 3 rings (SSSR count). The minimum atomic E-state index is -0.0571. The van der Waals surface area contributed by atoms with Crippen LogP contribution in [0.3, 0.4) is 0 Å². The summed E-state index contributed by atoms with van der Waals surface area (Å²) in [6.45, 7) is 4.51. The van der Waals surface area contributed by atoms with Crippen LogP contribution in [0.2, 0.25) is 0 Å². The summed E-state index contributed by atoms with van der Waals surface area (Å²) in [6, 6.07) is 8.70. The number of fused-ring (bicyclic) bond motifs is 2. The van der Waals surface area contributed by atoms with Crippen molar-refractivity contribution in [3.8, 4) is 0 Å². The van der Waals surface area contributed by atoms with Crippen LogP contribution in [-0.2, 0) is 14.9 Å². The average molecular weight is 273 g/mol. The van der Waals surface area contributed by atoms with Gasteiger partial charge in [-0.25, -0.2) is 0 Å². The SMILES string of the molecule is CCOC(=O)CC1CC2(CCNCC2)c2ccccc21. The maximum Gasteiger partial charge on any atom is 0.306 e. The lowest BCUT2D eigenvalue weighted by Gasteiger charge is -2.35. The highest BCUT2D eigenvalue weighted by Gasteiger charge is 2.44. The van der Waals surface area contributed by atoms with Crippen molar-refractivity contribution in [2.45, 2.75) is 43.9 Å². The number of carbonyl (C=O) groups is 1. The molecule has 0 radical (unpaired) electrons. The van der Waals surface area contributed by atoms with Crippen molar-refractivity contribution in [2.75, 3.05) is 19.7 Å². The molecule has 1 aromatic rings. The first-order chi connectivity index (χ1) is 9.75. The number of esters is 1. The molecule has 1 N–H and O–H groups in total. The summed E-state index contributed by atoms with van der Waals surface area (Å²) in [6.07, 6.45) is 4.00. The van der Waals surface area contributed by atoms with Gasteiger partial charge in [0.25, 0.3) is 0 Å². The van der Waals surface area contributed by atoms with Gasteiger partial charge in [0.1, 0.15) is 0 Å². The maximum absolute atomic E-state index is 11.8. The lowest BCUT2D eigenvalue weighted by atomic mass is 9.74. The van der Waals surface area contributed by atoms with E-state index in [0.717, 1.165) is 19.5 Å². The van der Waals surface area contributed by atoms with Gasteiger partial charge in [0.15, 0.2) is 0 Å². The molecule has 0 aromatic heterocycles. The van der Waals surface area contributed by atoms with Gasteiger partial charge < -0.3 is 10.1 Å². The fourth-order valence-corrected chi connectivity index (χ4v) is 4.01. The fourth-order valence-electron chi connectivity index (χ4n) is 4.01. The molecule has 3 heteroatoms. The van der Waals surface area contributed by atoms with Crippen LogP contribution in [0.4, 0.5) is 0 Å². The minimum absolute atomic E-state index is 0.0571. The van der Waals surface area contributed by atoms with Crippen molar-refractivity contribution in [3.63, 3.8) is 0 Å². The predicted octanol–water partition coefficient (Wildman–Crippen LogP) is 2.75. The Hall–Kier alpha value is -1.35. The van der Waals surface area contributed by atoms with E-state index in [1.807, 2.05) is 6.92 Å². The topological polar surface area (TPSA) is 38.3 Å². The summed E-state index contributed by atoms with van der Waals surface area (Å²) in [4.78, 5) is 11.8. The van der Waals surface area contributed by atoms with Crippen LogP contribution in [0.15, 0.2) is 24.3 Å². The molecule has 1 atom stereocenters. The van der Waals surface area contributed by atoms with E-state index < -0.39 is 0 Å². The van der Waals surface area contributed by atoms with Gasteiger partial charge in [-0.2, -0.15) is 0 Å². The van der Waals surface area contributed by atoms with E-state index in [9.17, 15) is 4.79 Å². The average Bonchev–Trinajstić information content (AvgIpc) is 2.75. The first-order valence-corrected chi connectivity index (χ1v) is 7.71. The van der Waals surface area contributed by atoms with Crippen LogP contribution >= 0.6 is 0 Å². The van der Waals surface area contributed by atoms with Gasteiger partial charge in [-0.3, -0.25) is 4.79 Å². The van der Waals surface area contributed by atoms with Crippen molar-refractivity contribution in [2.24, 2.45) is 0 Å². The van der Waals surface area contributed by atoms with Crippen LogP contribution in [0.25, 0.3) is 0 Å². The Balaban J connectivity index is 1.86. The molecule has 1 spiro atoms. The Kier molecular flexibility index (Phi) is 3.79. The van der Waals surface area contributed by atoms with Crippen LogP contribution in [0.1, 0.15) is 49.7 Å². The second-order valence-corrected chi connectivity index (χ2v) is 6.03. The highest BCUT2D eigenvalue weighted by Crippen LogP contribution is 2.51. The molecule has 0 amide bonds. The highest BCUT2D eigenvalue weighted by atomic mass is 16.5. The maximum atomic E-state index is 11.8. The number of hydrogen-bond acceptors (Lipinski definition) is 3. The van der Waals surface area contributed by atoms with Gasteiger partial charge in [-0.1, -0.05) is 24.3 Å². The first-order valence-electron chi connectivity index (χ1n) is 7.71. The second kappa shape index (κ2) is 5.57. The summed E-state index contributed by atoms with van der Waals surface area (Å²) >= 11 is 0. The molecule has 2 aliphatic rings. The van der Waals surface area contributed by atoms with E-state index in [0.29, 0.717) is 24.4 Å². The number of piperidine rings is 1. The van der Waals surface area contributed by atoms with Crippen LogP contribution in [-0.4, -0.2) is 25.7 Å². The van der Waals surface area contributed by atoms with E-state index in [2.05, 4.69) is 29.6 Å². The molecule has 1 aliphatic heterocycles. The summed E-state index contributed by atoms with van der Waals surface area (Å²) in [5.41, 5.74) is 3.15. The number of rotatable bonds is 3. The summed E-state index contributed by atoms with van der Waals surface area (Å²) in [7, 11) is 0. The molecule has 0 saturated carbocycles. The zero-order valence-corrected chi connectivity index (χ0v) is 12.2. The van der Waals surface area contributed by atoms with Crippen molar-refractivity contribution in [1.82, 2.24) is 5.32 Å². The van der Waals surface area contributed by atoms with E-state index in [1.165, 1.54) is 24.0 Å². The smallest absolute Gasteiger partial charge is 0.306 e. The Morgan fingerprint density at radius 1 is 1.35 bits per heavy atom. The quantitative estimate of drug-likeness (QED) is 0.861. The van der Waals surface area contributed by atoms with Gasteiger partial charge in [-0.15, -0.1) is 0 Å². The summed E-state index contributed by atoms with van der Waals surface area (Å²) in [5, 5.41) is 3.45. The highest BCUT2D eigenvalue weighted by molar-refractivity contribution is 5.71. The van der Waals surface area contributed by atoms with Gasteiger partial charge in [-0.05, 0) is 61.7 Å². The fraction of sp³-hybridized carbons (Fsp3) is 0.588. The summed E-state index contributed by atoms with van der Waals surface area (Å²) in [5.74, 6) is 0.279. The van der Waals surface area contributed by atoms with E-state index in [4.69, 9.17) is 4.74 Å². The Bertz CT molecular complexity index is 492. The number of hydrogen-bond donors (Lipinski definition) is 1. The van der Waals surface area contributed by atoms with Gasteiger partial charge >= 0.3 is 5.97 Å². The molecule has 1 fully saturated rings. The number of ether oxygens (including phenoxy) is 1. The van der Waals surface area contributed by atoms with Crippen LogP contribution in [0, 0.1) is 0 Å². The molecule has 1 aliphatic carbocycles.